The predicted molar refractivity (Wildman–Crippen MR) is 74.5 cm³/mol. The number of nitrogens with one attached hydrogen (secondary N) is 1. The molecule has 4 heteroatoms. The Morgan fingerprint density at radius 1 is 1.20 bits per heavy atom. The summed E-state index contributed by atoms with van der Waals surface area (Å²) in [6.45, 7) is 1.20. The summed E-state index contributed by atoms with van der Waals surface area (Å²) in [5, 5.41) is 1.15. The van der Waals surface area contributed by atoms with Crippen LogP contribution < -0.4 is 0 Å². The van der Waals surface area contributed by atoms with Crippen LogP contribution in [0.25, 0.3) is 10.9 Å². The van der Waals surface area contributed by atoms with E-state index in [1.807, 2.05) is 24.4 Å². The standard InChI is InChI=1S/C16H17NO3/c18-15-9-16(19-7-8-20-16)6-5-12(15)13-10-17-14-4-2-1-3-11(13)14/h1-4,10,12,17H,5-9H2. The molecule has 0 bridgehead atoms. The van der Waals surface area contributed by atoms with Crippen LogP contribution in [0.1, 0.15) is 30.7 Å². The maximum absolute atomic E-state index is 12.5. The van der Waals surface area contributed by atoms with E-state index < -0.39 is 5.79 Å². The predicted octanol–water partition coefficient (Wildman–Crippen LogP) is 2.75. The summed E-state index contributed by atoms with van der Waals surface area (Å²) in [7, 11) is 0. The molecule has 1 aliphatic heterocycles. The van der Waals surface area contributed by atoms with Crippen molar-refractivity contribution in [1.29, 1.82) is 0 Å². The van der Waals surface area contributed by atoms with Crippen molar-refractivity contribution in [2.24, 2.45) is 0 Å². The van der Waals surface area contributed by atoms with Crippen LogP contribution in [-0.4, -0.2) is 29.8 Å². The number of hydrogen-bond donors (Lipinski definition) is 1. The summed E-state index contributed by atoms with van der Waals surface area (Å²) < 4.78 is 11.3. The molecule has 2 fully saturated rings. The zero-order valence-corrected chi connectivity index (χ0v) is 11.2. The minimum absolute atomic E-state index is 0.0374. The number of para-hydroxylation sites is 1. The minimum Gasteiger partial charge on any atom is -0.361 e. The molecule has 0 radical (unpaired) electrons. The number of H-pyrrole nitrogens is 1. The van der Waals surface area contributed by atoms with Crippen molar-refractivity contribution in [3.05, 3.63) is 36.0 Å². The second kappa shape index (κ2) is 4.43. The molecule has 1 saturated heterocycles. The van der Waals surface area contributed by atoms with E-state index in [1.54, 1.807) is 0 Å². The molecule has 1 atom stereocenters. The van der Waals surface area contributed by atoms with Crippen LogP contribution in [0.2, 0.25) is 0 Å². The molecule has 1 spiro atoms. The number of carbonyl (C=O) groups is 1. The lowest BCUT2D eigenvalue weighted by molar-refractivity contribution is -0.182. The van der Waals surface area contributed by atoms with Crippen LogP contribution in [0.4, 0.5) is 0 Å². The van der Waals surface area contributed by atoms with E-state index in [4.69, 9.17) is 9.47 Å². The molecule has 0 amide bonds. The van der Waals surface area contributed by atoms with E-state index in [-0.39, 0.29) is 11.7 Å². The number of carbonyl (C=O) groups excluding carboxylic acids is 1. The number of aromatic amines is 1. The first-order chi connectivity index (χ1) is 9.77. The van der Waals surface area contributed by atoms with Gasteiger partial charge in [0.1, 0.15) is 5.78 Å². The van der Waals surface area contributed by atoms with Crippen LogP contribution in [0.15, 0.2) is 30.5 Å². The van der Waals surface area contributed by atoms with Crippen LogP contribution in [-0.2, 0) is 14.3 Å². The van der Waals surface area contributed by atoms with Gasteiger partial charge in [-0.3, -0.25) is 4.79 Å². The minimum atomic E-state index is -0.625. The van der Waals surface area contributed by atoms with Crippen LogP contribution in [0.3, 0.4) is 0 Å². The fraction of sp³-hybridized carbons (Fsp3) is 0.438. The number of benzene rings is 1. The number of hydrogen-bond acceptors (Lipinski definition) is 3. The highest BCUT2D eigenvalue weighted by atomic mass is 16.7. The first kappa shape index (κ1) is 12.1. The molecular formula is C16H17NO3. The molecule has 1 saturated carbocycles. The molecule has 1 unspecified atom stereocenters. The first-order valence-electron chi connectivity index (χ1n) is 7.14. The van der Waals surface area contributed by atoms with Crippen molar-refractivity contribution >= 4 is 16.7 Å². The molecule has 4 nitrogen and oxygen atoms in total. The van der Waals surface area contributed by atoms with Crippen molar-refractivity contribution < 1.29 is 14.3 Å². The van der Waals surface area contributed by atoms with Gasteiger partial charge in [-0.25, -0.2) is 0 Å². The Labute approximate surface area is 117 Å². The normalized spacial score (nSPS) is 25.6. The van der Waals surface area contributed by atoms with Crippen LogP contribution in [0.5, 0.6) is 0 Å². The van der Waals surface area contributed by atoms with Gasteiger partial charge < -0.3 is 14.5 Å². The molecule has 1 aromatic heterocycles. The summed E-state index contributed by atoms with van der Waals surface area (Å²) in [4.78, 5) is 15.8. The second-order valence-electron chi connectivity index (χ2n) is 5.63. The Bertz CT molecular complexity index is 655. The zero-order chi connectivity index (χ0) is 13.6. The quantitative estimate of drug-likeness (QED) is 0.867. The third-order valence-electron chi connectivity index (χ3n) is 4.46. The summed E-state index contributed by atoms with van der Waals surface area (Å²) in [5.41, 5.74) is 2.20. The third kappa shape index (κ3) is 1.79. The summed E-state index contributed by atoms with van der Waals surface area (Å²) in [6, 6.07) is 8.12. The third-order valence-corrected chi connectivity index (χ3v) is 4.46. The van der Waals surface area contributed by atoms with E-state index in [9.17, 15) is 4.79 Å². The van der Waals surface area contributed by atoms with Gasteiger partial charge in [0.2, 0.25) is 0 Å². The maximum atomic E-state index is 12.5. The summed E-state index contributed by atoms with van der Waals surface area (Å²) in [5.74, 6) is -0.438. The molecular weight excluding hydrogens is 254 g/mol. The lowest BCUT2D eigenvalue weighted by atomic mass is 9.80. The van der Waals surface area contributed by atoms with Gasteiger partial charge in [0.25, 0.3) is 0 Å². The van der Waals surface area contributed by atoms with Gasteiger partial charge >= 0.3 is 0 Å². The average Bonchev–Trinajstić information content (AvgIpc) is 3.07. The number of Topliss-reactive ketones (excluding diaryl/α,β-unsaturated/α-hetero) is 1. The molecule has 4 rings (SSSR count). The molecule has 1 aliphatic carbocycles. The van der Waals surface area contributed by atoms with Gasteiger partial charge in [-0.05, 0) is 18.1 Å². The Balaban J connectivity index is 1.65. The number of aromatic nitrogens is 1. The maximum Gasteiger partial charge on any atom is 0.175 e. The summed E-state index contributed by atoms with van der Waals surface area (Å²) >= 11 is 0. The second-order valence-corrected chi connectivity index (χ2v) is 5.63. The Morgan fingerprint density at radius 3 is 2.80 bits per heavy atom. The molecule has 1 N–H and O–H groups in total. The average molecular weight is 271 g/mol. The van der Waals surface area contributed by atoms with Gasteiger partial charge in [0.05, 0.1) is 19.6 Å². The highest BCUT2D eigenvalue weighted by molar-refractivity contribution is 5.93. The van der Waals surface area contributed by atoms with Gasteiger partial charge in [-0.2, -0.15) is 0 Å². The van der Waals surface area contributed by atoms with E-state index in [1.165, 1.54) is 0 Å². The molecule has 1 aromatic carbocycles. The number of ether oxygens (including phenoxy) is 2. The lowest BCUT2D eigenvalue weighted by Gasteiger charge is -2.34. The lowest BCUT2D eigenvalue weighted by Crippen LogP contribution is -2.39. The van der Waals surface area contributed by atoms with Crippen LogP contribution >= 0.6 is 0 Å². The van der Waals surface area contributed by atoms with Crippen molar-refractivity contribution in [3.63, 3.8) is 0 Å². The molecule has 2 heterocycles. The Kier molecular flexibility index (Phi) is 2.69. The fourth-order valence-electron chi connectivity index (χ4n) is 3.46. The van der Waals surface area contributed by atoms with E-state index in [2.05, 4.69) is 11.1 Å². The first-order valence-corrected chi connectivity index (χ1v) is 7.14. The van der Waals surface area contributed by atoms with Gasteiger partial charge in [-0.1, -0.05) is 18.2 Å². The number of fused-ring (bicyclic) bond motifs is 1. The molecule has 2 aliphatic rings. The summed E-state index contributed by atoms with van der Waals surface area (Å²) in [6.07, 6.45) is 3.93. The number of ketones is 1. The largest absolute Gasteiger partial charge is 0.361 e. The fourth-order valence-corrected chi connectivity index (χ4v) is 3.46. The van der Waals surface area contributed by atoms with E-state index in [0.29, 0.717) is 19.6 Å². The zero-order valence-electron chi connectivity index (χ0n) is 11.2. The molecule has 20 heavy (non-hydrogen) atoms. The highest BCUT2D eigenvalue weighted by Gasteiger charge is 2.45. The highest BCUT2D eigenvalue weighted by Crippen LogP contribution is 2.41. The molecule has 2 aromatic rings. The van der Waals surface area contributed by atoms with Crippen molar-refractivity contribution in [3.8, 4) is 0 Å². The SMILES string of the molecule is O=C1CC2(CCC1c1c[nH]c3ccccc13)OCCO2. The Morgan fingerprint density at radius 2 is 2.00 bits per heavy atom. The van der Waals surface area contributed by atoms with Crippen molar-refractivity contribution in [2.75, 3.05) is 13.2 Å². The number of rotatable bonds is 1. The monoisotopic (exact) mass is 271 g/mol. The molecule has 104 valence electrons. The van der Waals surface area contributed by atoms with Gasteiger partial charge in [0.15, 0.2) is 5.79 Å². The van der Waals surface area contributed by atoms with Crippen molar-refractivity contribution in [2.45, 2.75) is 31.0 Å². The van der Waals surface area contributed by atoms with E-state index in [0.717, 1.165) is 29.3 Å². The Hall–Kier alpha value is -1.65. The van der Waals surface area contributed by atoms with Crippen LogP contribution in [0, 0.1) is 0 Å². The van der Waals surface area contributed by atoms with Crippen molar-refractivity contribution in [1.82, 2.24) is 4.98 Å². The van der Waals surface area contributed by atoms with E-state index >= 15 is 0 Å². The topological polar surface area (TPSA) is 51.3 Å². The van der Waals surface area contributed by atoms with Gasteiger partial charge in [0, 0.05) is 29.4 Å². The van der Waals surface area contributed by atoms with Gasteiger partial charge in [-0.15, -0.1) is 0 Å². The smallest absolute Gasteiger partial charge is 0.175 e.